The van der Waals surface area contributed by atoms with Crippen molar-refractivity contribution in [1.82, 2.24) is 5.32 Å². The van der Waals surface area contributed by atoms with E-state index in [-0.39, 0.29) is 17.9 Å². The summed E-state index contributed by atoms with van der Waals surface area (Å²) in [7, 11) is 0. The van der Waals surface area contributed by atoms with Crippen molar-refractivity contribution in [3.63, 3.8) is 0 Å². The second kappa shape index (κ2) is 7.82. The molecule has 0 bridgehead atoms. The van der Waals surface area contributed by atoms with Gasteiger partial charge in [0.15, 0.2) is 0 Å². The summed E-state index contributed by atoms with van der Waals surface area (Å²) in [6.45, 7) is 3.54. The number of nitrogens with one attached hydrogen (secondary N) is 1. The molecule has 0 radical (unpaired) electrons. The summed E-state index contributed by atoms with van der Waals surface area (Å²) in [6, 6.07) is 7.80. The smallest absolute Gasteiger partial charge is 0.226 e. The molecule has 2 atom stereocenters. The van der Waals surface area contributed by atoms with Crippen LogP contribution in [0.3, 0.4) is 0 Å². The lowest BCUT2D eigenvalue weighted by Crippen LogP contribution is -2.34. The fourth-order valence-electron chi connectivity index (χ4n) is 2.61. The van der Waals surface area contributed by atoms with Crippen molar-refractivity contribution in [2.24, 2.45) is 11.7 Å². The van der Waals surface area contributed by atoms with Crippen LogP contribution in [0.15, 0.2) is 24.3 Å². The molecule has 21 heavy (non-hydrogen) atoms. The van der Waals surface area contributed by atoms with Gasteiger partial charge in [0.2, 0.25) is 5.91 Å². The van der Waals surface area contributed by atoms with Gasteiger partial charge in [0.05, 0.1) is 18.6 Å². The molecule has 1 saturated heterocycles. The fraction of sp³-hybridized carbons (Fsp3) is 0.471. The van der Waals surface area contributed by atoms with E-state index in [9.17, 15) is 4.79 Å². The van der Waals surface area contributed by atoms with Crippen LogP contribution in [0.25, 0.3) is 0 Å². The minimum absolute atomic E-state index is 0.0303. The molecule has 1 aliphatic rings. The Kier molecular flexibility index (Phi) is 5.79. The molecule has 1 aromatic rings. The number of rotatable bonds is 4. The van der Waals surface area contributed by atoms with Gasteiger partial charge >= 0.3 is 0 Å². The van der Waals surface area contributed by atoms with Gasteiger partial charge < -0.3 is 15.8 Å². The van der Waals surface area contributed by atoms with Gasteiger partial charge in [-0.3, -0.25) is 4.79 Å². The molecule has 3 N–H and O–H groups in total. The highest BCUT2D eigenvalue weighted by Gasteiger charge is 2.32. The summed E-state index contributed by atoms with van der Waals surface area (Å²) in [5.41, 5.74) is 7.33. The van der Waals surface area contributed by atoms with Gasteiger partial charge in [-0.2, -0.15) is 0 Å². The second-order valence-electron chi connectivity index (χ2n) is 5.09. The average Bonchev–Trinajstić information content (AvgIpc) is 3.00. The Morgan fingerprint density at radius 2 is 2.29 bits per heavy atom. The Morgan fingerprint density at radius 3 is 3.05 bits per heavy atom. The van der Waals surface area contributed by atoms with Crippen molar-refractivity contribution in [2.75, 3.05) is 13.2 Å². The predicted molar refractivity (Wildman–Crippen MR) is 82.4 cm³/mol. The molecule has 2 rings (SSSR count). The average molecular weight is 286 g/mol. The molecule has 0 aliphatic carbocycles. The molecule has 1 amide bonds. The number of benzene rings is 1. The molecular weight excluding hydrogens is 264 g/mol. The highest BCUT2D eigenvalue weighted by Crippen LogP contribution is 2.23. The maximum Gasteiger partial charge on any atom is 0.226 e. The topological polar surface area (TPSA) is 64.3 Å². The second-order valence-corrected chi connectivity index (χ2v) is 5.09. The number of nitrogens with two attached hydrogens (primary N) is 1. The molecule has 2 unspecified atom stereocenters. The third kappa shape index (κ3) is 4.07. The lowest BCUT2D eigenvalue weighted by atomic mass is 9.98. The number of hydrogen-bond donors (Lipinski definition) is 2. The van der Waals surface area contributed by atoms with E-state index in [2.05, 4.69) is 17.2 Å². The van der Waals surface area contributed by atoms with Gasteiger partial charge in [-0.15, -0.1) is 0 Å². The Hall–Kier alpha value is -1.83. The van der Waals surface area contributed by atoms with Crippen molar-refractivity contribution in [2.45, 2.75) is 32.4 Å². The monoisotopic (exact) mass is 286 g/mol. The first-order chi connectivity index (χ1) is 10.3. The Labute approximate surface area is 126 Å². The predicted octanol–water partition coefficient (Wildman–Crippen LogP) is 1.43. The van der Waals surface area contributed by atoms with Crippen molar-refractivity contribution >= 4 is 5.91 Å². The fourth-order valence-corrected chi connectivity index (χ4v) is 2.61. The molecule has 1 aliphatic heterocycles. The standard InChI is InChI=1S/C17H22N2O2/c1-2-16-15(9-11-21-16)17(20)19-12-14-7-4-3-6-13(14)8-5-10-18/h3-4,6-7,15-16H,2,9-12,18H2,1H3,(H,19,20). The van der Waals surface area contributed by atoms with Gasteiger partial charge in [0.25, 0.3) is 0 Å². The lowest BCUT2D eigenvalue weighted by Gasteiger charge is -2.16. The molecule has 1 heterocycles. The Balaban J connectivity index is 1.98. The number of amides is 1. The number of ether oxygens (including phenoxy) is 1. The maximum absolute atomic E-state index is 12.3. The zero-order chi connectivity index (χ0) is 15.1. The van der Waals surface area contributed by atoms with Crippen LogP contribution in [0.4, 0.5) is 0 Å². The van der Waals surface area contributed by atoms with Gasteiger partial charge in [-0.25, -0.2) is 0 Å². The molecule has 0 aromatic heterocycles. The summed E-state index contributed by atoms with van der Waals surface area (Å²) >= 11 is 0. The molecule has 4 nitrogen and oxygen atoms in total. The molecule has 0 saturated carbocycles. The highest BCUT2D eigenvalue weighted by atomic mass is 16.5. The molecule has 1 fully saturated rings. The molecular formula is C17H22N2O2. The van der Waals surface area contributed by atoms with E-state index in [1.807, 2.05) is 31.2 Å². The van der Waals surface area contributed by atoms with Crippen molar-refractivity contribution < 1.29 is 9.53 Å². The van der Waals surface area contributed by atoms with E-state index in [0.29, 0.717) is 19.7 Å². The first-order valence-electron chi connectivity index (χ1n) is 7.42. The normalized spacial score (nSPS) is 20.7. The van der Waals surface area contributed by atoms with Crippen molar-refractivity contribution in [3.05, 3.63) is 35.4 Å². The van der Waals surface area contributed by atoms with Gasteiger partial charge in [0, 0.05) is 18.7 Å². The summed E-state index contributed by atoms with van der Waals surface area (Å²) in [5.74, 6) is 5.92. The Bertz CT molecular complexity index is 545. The largest absolute Gasteiger partial charge is 0.377 e. The summed E-state index contributed by atoms with van der Waals surface area (Å²) in [4.78, 5) is 12.3. The van der Waals surface area contributed by atoms with E-state index < -0.39 is 0 Å². The molecule has 112 valence electrons. The summed E-state index contributed by atoms with van der Waals surface area (Å²) < 4.78 is 5.57. The zero-order valence-corrected chi connectivity index (χ0v) is 12.4. The van der Waals surface area contributed by atoms with Crippen LogP contribution >= 0.6 is 0 Å². The first-order valence-corrected chi connectivity index (χ1v) is 7.42. The zero-order valence-electron chi connectivity index (χ0n) is 12.4. The van der Waals surface area contributed by atoms with Gasteiger partial charge in [-0.05, 0) is 24.5 Å². The number of hydrogen-bond acceptors (Lipinski definition) is 3. The van der Waals surface area contributed by atoms with Crippen molar-refractivity contribution in [3.8, 4) is 11.8 Å². The first kappa shape index (κ1) is 15.6. The van der Waals surface area contributed by atoms with Crippen LogP contribution in [0.2, 0.25) is 0 Å². The van der Waals surface area contributed by atoms with E-state index in [1.54, 1.807) is 0 Å². The molecule has 4 heteroatoms. The van der Waals surface area contributed by atoms with E-state index >= 15 is 0 Å². The lowest BCUT2D eigenvalue weighted by molar-refractivity contribution is -0.126. The molecule has 1 aromatic carbocycles. The van der Waals surface area contributed by atoms with E-state index in [0.717, 1.165) is 24.0 Å². The summed E-state index contributed by atoms with van der Waals surface area (Å²) in [5, 5.41) is 3.00. The summed E-state index contributed by atoms with van der Waals surface area (Å²) in [6.07, 6.45) is 1.73. The Morgan fingerprint density at radius 1 is 1.48 bits per heavy atom. The SMILES string of the molecule is CCC1OCCC1C(=O)NCc1ccccc1C#CCN. The number of carbonyl (C=O) groups is 1. The van der Waals surface area contributed by atoms with E-state index in [4.69, 9.17) is 10.5 Å². The van der Waals surface area contributed by atoms with Crippen LogP contribution in [0.1, 0.15) is 30.9 Å². The van der Waals surface area contributed by atoms with Crippen LogP contribution in [-0.2, 0) is 16.1 Å². The highest BCUT2D eigenvalue weighted by molar-refractivity contribution is 5.79. The van der Waals surface area contributed by atoms with Gasteiger partial charge in [-0.1, -0.05) is 37.0 Å². The minimum atomic E-state index is -0.0303. The van der Waals surface area contributed by atoms with Crippen LogP contribution in [0.5, 0.6) is 0 Å². The quantitative estimate of drug-likeness (QED) is 0.823. The van der Waals surface area contributed by atoms with Crippen LogP contribution < -0.4 is 11.1 Å². The van der Waals surface area contributed by atoms with Crippen LogP contribution in [-0.4, -0.2) is 25.2 Å². The van der Waals surface area contributed by atoms with E-state index in [1.165, 1.54) is 0 Å². The van der Waals surface area contributed by atoms with Crippen molar-refractivity contribution in [1.29, 1.82) is 0 Å². The third-order valence-electron chi connectivity index (χ3n) is 3.74. The maximum atomic E-state index is 12.3. The van der Waals surface area contributed by atoms with Crippen LogP contribution in [0, 0.1) is 17.8 Å². The van der Waals surface area contributed by atoms with Gasteiger partial charge in [0.1, 0.15) is 0 Å². The third-order valence-corrected chi connectivity index (χ3v) is 3.74. The number of carbonyl (C=O) groups excluding carboxylic acids is 1. The molecule has 0 spiro atoms. The minimum Gasteiger partial charge on any atom is -0.377 e.